The lowest BCUT2D eigenvalue weighted by Gasteiger charge is -2.04. The molecule has 0 bridgehead atoms. The molecule has 1 atom stereocenters. The summed E-state index contributed by atoms with van der Waals surface area (Å²) < 4.78 is 5.38. The predicted octanol–water partition coefficient (Wildman–Crippen LogP) is 5.09. The zero-order valence-corrected chi connectivity index (χ0v) is 11.4. The molecule has 0 aromatic carbocycles. The van der Waals surface area contributed by atoms with Crippen molar-refractivity contribution in [3.8, 4) is 0 Å². The molecular weight excluding hydrogens is 196 g/mol. The summed E-state index contributed by atoms with van der Waals surface area (Å²) in [7, 11) is 0. The lowest BCUT2D eigenvalue weighted by atomic mass is 10.0. The largest absolute Gasteiger partial charge is 0.370 e. The van der Waals surface area contributed by atoms with Crippen molar-refractivity contribution in [3.63, 3.8) is 0 Å². The Balaban J connectivity index is 1.68. The third-order valence-corrected chi connectivity index (χ3v) is 3.70. The number of unbranched alkanes of at least 4 members (excludes halogenated alkanes) is 9. The maximum Gasteiger partial charge on any atom is 0.0888 e. The van der Waals surface area contributed by atoms with Crippen LogP contribution in [0.4, 0.5) is 0 Å². The molecule has 16 heavy (non-hydrogen) atoms. The fourth-order valence-corrected chi connectivity index (χ4v) is 2.25. The molecule has 0 aromatic rings. The van der Waals surface area contributed by atoms with Crippen LogP contribution in [0.3, 0.4) is 0 Å². The number of hydrogen-bond acceptors (Lipinski definition) is 1. The minimum Gasteiger partial charge on any atom is -0.370 e. The van der Waals surface area contributed by atoms with E-state index in [4.69, 9.17) is 4.74 Å². The van der Waals surface area contributed by atoms with E-state index in [0.29, 0.717) is 5.60 Å². The molecule has 1 aliphatic heterocycles. The van der Waals surface area contributed by atoms with Gasteiger partial charge in [0.15, 0.2) is 0 Å². The molecule has 1 heterocycles. The van der Waals surface area contributed by atoms with E-state index >= 15 is 0 Å². The minimum atomic E-state index is 0.292. The van der Waals surface area contributed by atoms with Gasteiger partial charge in [-0.1, -0.05) is 71.1 Å². The van der Waals surface area contributed by atoms with Gasteiger partial charge in [-0.25, -0.2) is 0 Å². The van der Waals surface area contributed by atoms with Crippen LogP contribution in [0.1, 0.15) is 84.5 Å². The second kappa shape index (κ2) is 8.11. The standard InChI is InChI=1S/C15H30O/c1-3-4-5-6-7-8-9-10-11-12-13-15(2)14-16-15/h3-14H2,1-2H3. The second-order valence-electron chi connectivity index (χ2n) is 5.67. The zero-order chi connectivity index (χ0) is 11.7. The molecule has 1 nitrogen and oxygen atoms in total. The summed E-state index contributed by atoms with van der Waals surface area (Å²) in [5.41, 5.74) is 0.292. The van der Waals surface area contributed by atoms with Crippen molar-refractivity contribution in [3.05, 3.63) is 0 Å². The van der Waals surface area contributed by atoms with Gasteiger partial charge in [0.05, 0.1) is 12.2 Å². The lowest BCUT2D eigenvalue weighted by molar-refractivity contribution is 0.301. The summed E-state index contributed by atoms with van der Waals surface area (Å²) in [6.45, 7) is 5.52. The normalized spacial score (nSPS) is 23.6. The van der Waals surface area contributed by atoms with E-state index in [-0.39, 0.29) is 0 Å². The monoisotopic (exact) mass is 226 g/mol. The highest BCUT2D eigenvalue weighted by atomic mass is 16.6. The van der Waals surface area contributed by atoms with Gasteiger partial charge in [-0.2, -0.15) is 0 Å². The molecule has 1 heteroatoms. The molecule has 1 unspecified atom stereocenters. The third kappa shape index (κ3) is 7.27. The van der Waals surface area contributed by atoms with Crippen LogP contribution in [-0.4, -0.2) is 12.2 Å². The molecule has 1 rings (SSSR count). The van der Waals surface area contributed by atoms with E-state index < -0.39 is 0 Å². The summed E-state index contributed by atoms with van der Waals surface area (Å²) in [5, 5.41) is 0. The molecule has 1 aliphatic rings. The van der Waals surface area contributed by atoms with E-state index in [0.717, 1.165) is 6.61 Å². The van der Waals surface area contributed by atoms with E-state index in [1.807, 2.05) is 0 Å². The maximum atomic E-state index is 5.38. The molecule has 1 fully saturated rings. The molecular formula is C15H30O. The zero-order valence-electron chi connectivity index (χ0n) is 11.4. The second-order valence-corrected chi connectivity index (χ2v) is 5.67. The van der Waals surface area contributed by atoms with Crippen LogP contribution in [0.25, 0.3) is 0 Å². The summed E-state index contributed by atoms with van der Waals surface area (Å²) in [6, 6.07) is 0. The highest BCUT2D eigenvalue weighted by Crippen LogP contribution is 2.31. The number of rotatable bonds is 11. The minimum absolute atomic E-state index is 0.292. The Morgan fingerprint density at radius 3 is 1.69 bits per heavy atom. The van der Waals surface area contributed by atoms with Crippen molar-refractivity contribution in [1.29, 1.82) is 0 Å². The highest BCUT2D eigenvalue weighted by molar-refractivity contribution is 4.86. The lowest BCUT2D eigenvalue weighted by Crippen LogP contribution is -2.02. The van der Waals surface area contributed by atoms with Gasteiger partial charge in [-0.15, -0.1) is 0 Å². The van der Waals surface area contributed by atoms with Gasteiger partial charge in [-0.05, 0) is 13.3 Å². The van der Waals surface area contributed by atoms with E-state index in [1.165, 1.54) is 70.6 Å². The Hall–Kier alpha value is -0.0400. The van der Waals surface area contributed by atoms with Gasteiger partial charge in [0, 0.05) is 0 Å². The molecule has 0 aliphatic carbocycles. The molecule has 0 radical (unpaired) electrons. The van der Waals surface area contributed by atoms with E-state index in [1.54, 1.807) is 0 Å². The Kier molecular flexibility index (Phi) is 7.11. The summed E-state index contributed by atoms with van der Waals surface area (Å²) >= 11 is 0. The van der Waals surface area contributed by atoms with Gasteiger partial charge >= 0.3 is 0 Å². The molecule has 0 amide bonds. The number of hydrogen-bond donors (Lipinski definition) is 0. The van der Waals surface area contributed by atoms with Crippen molar-refractivity contribution in [2.75, 3.05) is 6.61 Å². The van der Waals surface area contributed by atoms with Crippen molar-refractivity contribution in [2.24, 2.45) is 0 Å². The number of ether oxygens (including phenoxy) is 1. The Morgan fingerprint density at radius 2 is 1.25 bits per heavy atom. The van der Waals surface area contributed by atoms with Crippen LogP contribution < -0.4 is 0 Å². The topological polar surface area (TPSA) is 12.5 Å². The van der Waals surface area contributed by atoms with Gasteiger partial charge in [0.1, 0.15) is 0 Å². The molecule has 0 N–H and O–H groups in total. The first-order valence-electron chi connectivity index (χ1n) is 7.41. The summed E-state index contributed by atoms with van der Waals surface area (Å²) in [4.78, 5) is 0. The Labute approximate surface area is 102 Å². The Morgan fingerprint density at radius 1 is 0.812 bits per heavy atom. The highest BCUT2D eigenvalue weighted by Gasteiger charge is 2.37. The molecule has 0 aromatic heterocycles. The smallest absolute Gasteiger partial charge is 0.0888 e. The SMILES string of the molecule is CCCCCCCCCCCCC1(C)CO1. The van der Waals surface area contributed by atoms with Crippen molar-refractivity contribution in [1.82, 2.24) is 0 Å². The van der Waals surface area contributed by atoms with Gasteiger partial charge < -0.3 is 4.74 Å². The van der Waals surface area contributed by atoms with Crippen LogP contribution in [0.15, 0.2) is 0 Å². The van der Waals surface area contributed by atoms with Gasteiger partial charge in [-0.3, -0.25) is 0 Å². The molecule has 0 saturated carbocycles. The van der Waals surface area contributed by atoms with Crippen molar-refractivity contribution >= 4 is 0 Å². The summed E-state index contributed by atoms with van der Waals surface area (Å²) in [5.74, 6) is 0. The van der Waals surface area contributed by atoms with Crippen LogP contribution >= 0.6 is 0 Å². The maximum absolute atomic E-state index is 5.38. The van der Waals surface area contributed by atoms with E-state index in [9.17, 15) is 0 Å². The fraction of sp³-hybridized carbons (Fsp3) is 1.00. The first-order valence-corrected chi connectivity index (χ1v) is 7.41. The first-order chi connectivity index (χ1) is 7.77. The molecule has 0 spiro atoms. The quantitative estimate of drug-likeness (QED) is 0.353. The molecule has 96 valence electrons. The fourth-order valence-electron chi connectivity index (χ4n) is 2.25. The van der Waals surface area contributed by atoms with Crippen LogP contribution in [0.5, 0.6) is 0 Å². The average molecular weight is 226 g/mol. The summed E-state index contributed by atoms with van der Waals surface area (Å²) in [6.07, 6.45) is 15.6. The average Bonchev–Trinajstić information content (AvgIpc) is 3.00. The van der Waals surface area contributed by atoms with Crippen LogP contribution in [-0.2, 0) is 4.74 Å². The van der Waals surface area contributed by atoms with Crippen molar-refractivity contribution < 1.29 is 4.74 Å². The van der Waals surface area contributed by atoms with Crippen LogP contribution in [0.2, 0.25) is 0 Å². The van der Waals surface area contributed by atoms with E-state index in [2.05, 4.69) is 13.8 Å². The van der Waals surface area contributed by atoms with Crippen LogP contribution in [0, 0.1) is 0 Å². The first kappa shape index (κ1) is 14.0. The third-order valence-electron chi connectivity index (χ3n) is 3.70. The Bertz CT molecular complexity index is 161. The van der Waals surface area contributed by atoms with Crippen molar-refractivity contribution in [2.45, 2.75) is 90.1 Å². The predicted molar refractivity (Wildman–Crippen MR) is 70.8 cm³/mol. The number of epoxide rings is 1. The molecule has 1 saturated heterocycles. The van der Waals surface area contributed by atoms with Gasteiger partial charge in [0.25, 0.3) is 0 Å². The van der Waals surface area contributed by atoms with Gasteiger partial charge in [0.2, 0.25) is 0 Å².